The van der Waals surface area contributed by atoms with Crippen molar-refractivity contribution < 1.29 is 14.6 Å². The summed E-state index contributed by atoms with van der Waals surface area (Å²) < 4.78 is 6.08. The van der Waals surface area contributed by atoms with Crippen LogP contribution in [-0.2, 0) is 0 Å². The van der Waals surface area contributed by atoms with Crippen LogP contribution in [0, 0.1) is 0 Å². The lowest BCUT2D eigenvalue weighted by atomic mass is 10.2. The first kappa shape index (κ1) is 14.6. The summed E-state index contributed by atoms with van der Waals surface area (Å²) in [7, 11) is 1.60. The largest absolute Gasteiger partial charge is 0.497 e. The molecule has 1 aromatic carbocycles. The second-order valence-corrected chi connectivity index (χ2v) is 5.65. The number of rotatable bonds is 5. The fourth-order valence-electron chi connectivity index (χ4n) is 1.87. The summed E-state index contributed by atoms with van der Waals surface area (Å²) in [5, 5.41) is 12.8. The monoisotopic (exact) mass is 294 g/mol. The number of hydrogen-bond acceptors (Lipinski definition) is 5. The molecule has 0 saturated carbocycles. The van der Waals surface area contributed by atoms with E-state index >= 15 is 0 Å². The van der Waals surface area contributed by atoms with E-state index in [1.165, 1.54) is 11.3 Å². The number of nitrogen functional groups attached to an aromatic ring is 1. The first-order valence-electron chi connectivity index (χ1n) is 6.35. The van der Waals surface area contributed by atoms with Gasteiger partial charge >= 0.3 is 0 Å². The fraction of sp³-hybridized carbons (Fsp3) is 0.357. The second-order valence-electron chi connectivity index (χ2n) is 4.60. The minimum absolute atomic E-state index is 0.205. The maximum atomic E-state index is 12.1. The van der Waals surface area contributed by atoms with Crippen molar-refractivity contribution in [3.8, 4) is 5.75 Å². The molecule has 20 heavy (non-hydrogen) atoms. The summed E-state index contributed by atoms with van der Waals surface area (Å²) in [5.74, 6) is 0.531. The highest BCUT2D eigenvalue weighted by molar-refractivity contribution is 7.21. The normalized spacial score (nSPS) is 12.3. The van der Waals surface area contributed by atoms with E-state index in [1.54, 1.807) is 14.0 Å². The van der Waals surface area contributed by atoms with Crippen LogP contribution in [0.3, 0.4) is 0 Å². The molecule has 108 valence electrons. The molecule has 1 unspecified atom stereocenters. The number of amides is 1. The number of aliphatic hydroxyl groups is 1. The van der Waals surface area contributed by atoms with Crippen LogP contribution >= 0.6 is 11.3 Å². The number of ether oxygens (including phenoxy) is 1. The Morgan fingerprint density at radius 1 is 1.55 bits per heavy atom. The molecule has 0 fully saturated rings. The van der Waals surface area contributed by atoms with Gasteiger partial charge in [-0.1, -0.05) is 0 Å². The van der Waals surface area contributed by atoms with Crippen molar-refractivity contribution in [2.24, 2.45) is 0 Å². The zero-order valence-corrected chi connectivity index (χ0v) is 12.3. The van der Waals surface area contributed by atoms with Gasteiger partial charge in [0, 0.05) is 16.6 Å². The first-order valence-corrected chi connectivity index (χ1v) is 7.17. The van der Waals surface area contributed by atoms with E-state index in [0.717, 1.165) is 15.8 Å². The number of methoxy groups -OCH3 is 1. The van der Waals surface area contributed by atoms with Crippen molar-refractivity contribution >= 4 is 33.0 Å². The summed E-state index contributed by atoms with van der Waals surface area (Å²) >= 11 is 1.34. The zero-order valence-electron chi connectivity index (χ0n) is 11.5. The lowest BCUT2D eigenvalue weighted by Gasteiger charge is -2.05. The number of benzene rings is 1. The van der Waals surface area contributed by atoms with Crippen LogP contribution in [-0.4, -0.2) is 30.8 Å². The Labute approximate surface area is 121 Å². The van der Waals surface area contributed by atoms with Gasteiger partial charge in [-0.3, -0.25) is 4.79 Å². The summed E-state index contributed by atoms with van der Waals surface area (Å²) in [6, 6.07) is 5.54. The predicted octanol–water partition coefficient (Wildman–Crippen LogP) is 1.99. The highest BCUT2D eigenvalue weighted by Crippen LogP contribution is 2.35. The van der Waals surface area contributed by atoms with Crippen LogP contribution in [0.15, 0.2) is 18.2 Å². The summed E-state index contributed by atoms with van der Waals surface area (Å²) in [4.78, 5) is 12.6. The topological polar surface area (TPSA) is 84.6 Å². The number of fused-ring (bicyclic) bond motifs is 1. The Morgan fingerprint density at radius 2 is 2.30 bits per heavy atom. The van der Waals surface area contributed by atoms with E-state index in [-0.39, 0.29) is 5.91 Å². The maximum absolute atomic E-state index is 12.1. The van der Waals surface area contributed by atoms with Crippen molar-refractivity contribution in [3.05, 3.63) is 23.1 Å². The van der Waals surface area contributed by atoms with Crippen LogP contribution < -0.4 is 15.8 Å². The second kappa shape index (κ2) is 6.11. The Balaban J connectivity index is 2.21. The predicted molar refractivity (Wildman–Crippen MR) is 81.4 cm³/mol. The van der Waals surface area contributed by atoms with Crippen LogP contribution in [0.25, 0.3) is 10.1 Å². The van der Waals surface area contributed by atoms with Gasteiger partial charge in [0.25, 0.3) is 5.91 Å². The number of hydrogen-bond donors (Lipinski definition) is 3. The molecule has 2 aromatic rings. The smallest absolute Gasteiger partial charge is 0.263 e. The van der Waals surface area contributed by atoms with E-state index < -0.39 is 6.10 Å². The van der Waals surface area contributed by atoms with Crippen molar-refractivity contribution in [1.29, 1.82) is 0 Å². The molecule has 1 aromatic heterocycles. The van der Waals surface area contributed by atoms with E-state index in [9.17, 15) is 9.90 Å². The molecule has 0 aliphatic heterocycles. The Hall–Kier alpha value is -1.79. The number of carbonyl (C=O) groups is 1. The van der Waals surface area contributed by atoms with E-state index in [1.807, 2.05) is 18.2 Å². The Bertz CT molecular complexity index is 622. The molecule has 5 nitrogen and oxygen atoms in total. The lowest BCUT2D eigenvalue weighted by Crippen LogP contribution is -2.26. The SMILES string of the molecule is COc1ccc2c(N)c(C(=O)NCCC(C)O)sc2c1. The van der Waals surface area contributed by atoms with Gasteiger partial charge in [-0.25, -0.2) is 0 Å². The third-order valence-electron chi connectivity index (χ3n) is 2.99. The molecule has 0 radical (unpaired) electrons. The molecule has 0 aliphatic rings. The highest BCUT2D eigenvalue weighted by Gasteiger charge is 2.16. The molecule has 1 amide bonds. The standard InChI is InChI=1S/C14H18N2O3S/c1-8(17)5-6-16-14(18)13-12(15)10-4-3-9(19-2)7-11(10)20-13/h3-4,7-8,17H,5-6,15H2,1-2H3,(H,16,18). The lowest BCUT2D eigenvalue weighted by molar-refractivity contribution is 0.0950. The molecule has 2 rings (SSSR count). The molecule has 1 heterocycles. The van der Waals surface area contributed by atoms with Gasteiger partial charge in [0.15, 0.2) is 0 Å². The highest BCUT2D eigenvalue weighted by atomic mass is 32.1. The molecule has 0 spiro atoms. The van der Waals surface area contributed by atoms with Crippen molar-refractivity contribution in [2.45, 2.75) is 19.4 Å². The van der Waals surface area contributed by atoms with E-state index in [2.05, 4.69) is 5.32 Å². The summed E-state index contributed by atoms with van der Waals surface area (Å²) in [6.07, 6.45) is 0.0870. The fourth-order valence-corrected chi connectivity index (χ4v) is 2.94. The number of carbonyl (C=O) groups excluding carboxylic acids is 1. The molecule has 1 atom stereocenters. The quantitative estimate of drug-likeness (QED) is 0.787. The number of nitrogens with two attached hydrogens (primary N) is 1. The van der Waals surface area contributed by atoms with Crippen LogP contribution in [0.4, 0.5) is 5.69 Å². The van der Waals surface area contributed by atoms with Gasteiger partial charge in [-0.2, -0.15) is 0 Å². The van der Waals surface area contributed by atoms with Gasteiger partial charge in [-0.15, -0.1) is 11.3 Å². The molecule has 0 bridgehead atoms. The molecule has 0 aliphatic carbocycles. The van der Waals surface area contributed by atoms with Gasteiger partial charge < -0.3 is 20.9 Å². The van der Waals surface area contributed by atoms with Crippen LogP contribution in [0.1, 0.15) is 23.0 Å². The molecule has 0 saturated heterocycles. The third-order valence-corrected chi connectivity index (χ3v) is 4.16. The minimum atomic E-state index is -0.431. The molecular formula is C14H18N2O3S. The van der Waals surface area contributed by atoms with E-state index in [4.69, 9.17) is 10.5 Å². The molecular weight excluding hydrogens is 276 g/mol. The van der Waals surface area contributed by atoms with Gasteiger partial charge in [0.05, 0.1) is 18.9 Å². The van der Waals surface area contributed by atoms with Crippen molar-refractivity contribution in [1.82, 2.24) is 5.32 Å². The van der Waals surface area contributed by atoms with E-state index in [0.29, 0.717) is 23.5 Å². The van der Waals surface area contributed by atoms with Crippen LogP contribution in [0.2, 0.25) is 0 Å². The third kappa shape index (κ3) is 3.02. The summed E-state index contributed by atoms with van der Waals surface area (Å²) in [6.45, 7) is 2.11. The zero-order chi connectivity index (χ0) is 14.7. The van der Waals surface area contributed by atoms with Gasteiger partial charge in [0.2, 0.25) is 0 Å². The Morgan fingerprint density at radius 3 is 2.95 bits per heavy atom. The molecule has 4 N–H and O–H groups in total. The average Bonchev–Trinajstić information content (AvgIpc) is 2.75. The first-order chi connectivity index (χ1) is 9.52. The average molecular weight is 294 g/mol. The summed E-state index contributed by atoms with van der Waals surface area (Å²) in [5.41, 5.74) is 6.51. The maximum Gasteiger partial charge on any atom is 0.263 e. The van der Waals surface area contributed by atoms with Gasteiger partial charge in [-0.05, 0) is 31.5 Å². The number of anilines is 1. The molecule has 6 heteroatoms. The van der Waals surface area contributed by atoms with Crippen LogP contribution in [0.5, 0.6) is 5.75 Å². The van der Waals surface area contributed by atoms with Crippen molar-refractivity contribution in [3.63, 3.8) is 0 Å². The number of nitrogens with one attached hydrogen (secondary N) is 1. The minimum Gasteiger partial charge on any atom is -0.497 e. The van der Waals surface area contributed by atoms with Gasteiger partial charge in [0.1, 0.15) is 10.6 Å². The number of aliphatic hydroxyl groups excluding tert-OH is 1. The Kier molecular flexibility index (Phi) is 4.46. The van der Waals surface area contributed by atoms with Crippen molar-refractivity contribution in [2.75, 3.05) is 19.4 Å². The number of thiophene rings is 1.